The Labute approximate surface area is 168 Å². The third kappa shape index (κ3) is 3.14. The molecule has 0 aliphatic heterocycles. The summed E-state index contributed by atoms with van der Waals surface area (Å²) in [6.45, 7) is 4.29. The van der Waals surface area contributed by atoms with Gasteiger partial charge in [0.2, 0.25) is 0 Å². The van der Waals surface area contributed by atoms with Gasteiger partial charge >= 0.3 is 0 Å². The van der Waals surface area contributed by atoms with Crippen LogP contribution in [0.25, 0.3) is 11.0 Å². The molecule has 2 atom stereocenters. The molecule has 1 fully saturated rings. The van der Waals surface area contributed by atoms with E-state index in [9.17, 15) is 4.39 Å². The van der Waals surface area contributed by atoms with E-state index in [1.54, 1.807) is 12.3 Å². The van der Waals surface area contributed by atoms with E-state index in [2.05, 4.69) is 27.1 Å². The van der Waals surface area contributed by atoms with Crippen molar-refractivity contribution in [1.29, 1.82) is 0 Å². The van der Waals surface area contributed by atoms with E-state index < -0.39 is 0 Å². The van der Waals surface area contributed by atoms with Crippen molar-refractivity contribution in [3.8, 4) is 5.75 Å². The third-order valence-corrected chi connectivity index (χ3v) is 5.76. The second kappa shape index (κ2) is 6.65. The fourth-order valence-corrected chi connectivity index (χ4v) is 4.08. The van der Waals surface area contributed by atoms with Crippen LogP contribution in [-0.2, 0) is 5.41 Å². The smallest absolute Gasteiger partial charge is 0.158 e. The van der Waals surface area contributed by atoms with E-state index in [0.29, 0.717) is 12.4 Å². The minimum Gasteiger partial charge on any atom is -0.489 e. The largest absolute Gasteiger partial charge is 0.489 e. The van der Waals surface area contributed by atoms with Crippen molar-refractivity contribution in [3.63, 3.8) is 0 Å². The number of fused-ring (bicyclic) bond motifs is 1. The summed E-state index contributed by atoms with van der Waals surface area (Å²) in [5, 5.41) is 0. The number of H-pyrrole nitrogens is 1. The van der Waals surface area contributed by atoms with Gasteiger partial charge in [0.1, 0.15) is 17.5 Å². The van der Waals surface area contributed by atoms with Crippen molar-refractivity contribution in [2.45, 2.75) is 31.6 Å². The molecule has 1 saturated carbocycles. The zero-order valence-electron chi connectivity index (χ0n) is 16.3. The van der Waals surface area contributed by atoms with Crippen molar-refractivity contribution < 1.29 is 9.13 Å². The summed E-state index contributed by atoms with van der Waals surface area (Å²) in [6.07, 6.45) is 2.64. The van der Waals surface area contributed by atoms with Crippen LogP contribution in [0.3, 0.4) is 0 Å². The number of nitrogens with one attached hydrogen (secondary N) is 1. The third-order valence-electron chi connectivity index (χ3n) is 5.76. The van der Waals surface area contributed by atoms with Crippen LogP contribution in [0.5, 0.6) is 5.75 Å². The molecule has 29 heavy (non-hydrogen) atoms. The number of hydrogen-bond donors (Lipinski definition) is 1. The lowest BCUT2D eigenvalue weighted by molar-refractivity contribution is 0.269. The van der Waals surface area contributed by atoms with Gasteiger partial charge in [-0.3, -0.25) is 0 Å². The second-order valence-electron chi connectivity index (χ2n) is 7.72. The highest BCUT2D eigenvalue weighted by atomic mass is 19.1. The van der Waals surface area contributed by atoms with E-state index >= 15 is 0 Å². The molecule has 0 bridgehead atoms. The van der Waals surface area contributed by atoms with Crippen molar-refractivity contribution >= 4 is 11.0 Å². The summed E-state index contributed by atoms with van der Waals surface area (Å²) >= 11 is 0. The van der Waals surface area contributed by atoms with Gasteiger partial charge in [0.25, 0.3) is 0 Å². The molecule has 146 valence electrons. The van der Waals surface area contributed by atoms with E-state index in [4.69, 9.17) is 9.72 Å². The predicted octanol–water partition coefficient (Wildman–Crippen LogP) is 4.61. The maximum absolute atomic E-state index is 13.6. The molecule has 0 radical (unpaired) electrons. The number of nitrogens with zero attached hydrogens (tertiary/aromatic N) is 3. The Morgan fingerprint density at radius 3 is 2.76 bits per heavy atom. The lowest BCUT2D eigenvalue weighted by Crippen LogP contribution is -2.21. The molecule has 1 N–H and O–H groups in total. The number of benzene rings is 2. The van der Waals surface area contributed by atoms with Gasteiger partial charge in [-0.15, -0.1) is 0 Å². The Morgan fingerprint density at radius 2 is 1.97 bits per heavy atom. The second-order valence-corrected chi connectivity index (χ2v) is 7.72. The van der Waals surface area contributed by atoms with Crippen LogP contribution >= 0.6 is 0 Å². The van der Waals surface area contributed by atoms with Gasteiger partial charge in [-0.05, 0) is 44.0 Å². The molecule has 5 rings (SSSR count). The Kier molecular flexibility index (Phi) is 4.08. The van der Waals surface area contributed by atoms with Crippen molar-refractivity contribution in [2.75, 3.05) is 6.61 Å². The molecule has 2 aromatic carbocycles. The summed E-state index contributed by atoms with van der Waals surface area (Å²) in [7, 11) is 0. The standard InChI is InChI=1S/C23H21FN4O/c1-14-21(12-25-15(2)26-14)29-13-23(16-6-4-3-5-7-16)11-18(23)22-27-19-9-8-17(24)10-20(19)28-22/h3-10,12,18H,11,13H2,1-2H3,(H,27,28)/t18-,23?/m0/s1. The average Bonchev–Trinajstić information content (AvgIpc) is 3.31. The highest BCUT2D eigenvalue weighted by molar-refractivity contribution is 5.75. The van der Waals surface area contributed by atoms with E-state index in [0.717, 1.165) is 34.8 Å². The molecule has 5 nitrogen and oxygen atoms in total. The van der Waals surface area contributed by atoms with Gasteiger partial charge in [0.15, 0.2) is 5.75 Å². The molecule has 4 aromatic rings. The predicted molar refractivity (Wildman–Crippen MR) is 109 cm³/mol. The molecule has 0 spiro atoms. The number of aromatic nitrogens is 4. The van der Waals surface area contributed by atoms with Gasteiger partial charge in [0.05, 0.1) is 29.5 Å². The number of imidazole rings is 1. The SMILES string of the molecule is Cc1ncc(OCC2(c3ccccc3)C[C@H]2c2nc3ccc(F)cc3[nH]2)c(C)n1. The molecule has 2 heterocycles. The minimum atomic E-state index is -0.268. The number of halogens is 1. The lowest BCUT2D eigenvalue weighted by atomic mass is 9.94. The molecular weight excluding hydrogens is 367 g/mol. The number of aromatic amines is 1. The van der Waals surface area contributed by atoms with Crippen LogP contribution in [0.2, 0.25) is 0 Å². The van der Waals surface area contributed by atoms with Crippen molar-refractivity contribution in [1.82, 2.24) is 19.9 Å². The molecule has 1 aliphatic rings. The highest BCUT2D eigenvalue weighted by Crippen LogP contribution is 2.60. The van der Waals surface area contributed by atoms with E-state index in [1.807, 2.05) is 32.0 Å². The van der Waals surface area contributed by atoms with E-state index in [1.165, 1.54) is 17.7 Å². The fourth-order valence-electron chi connectivity index (χ4n) is 4.08. The number of rotatable bonds is 5. The minimum absolute atomic E-state index is 0.173. The molecule has 1 aliphatic carbocycles. The fraction of sp³-hybridized carbons (Fsp3) is 0.261. The summed E-state index contributed by atoms with van der Waals surface area (Å²) in [6, 6.07) is 15.0. The van der Waals surface area contributed by atoms with Crippen LogP contribution in [-0.4, -0.2) is 26.5 Å². The van der Waals surface area contributed by atoms with Crippen molar-refractivity contribution in [3.05, 3.63) is 83.5 Å². The first-order valence-corrected chi connectivity index (χ1v) is 9.69. The van der Waals surface area contributed by atoms with Crippen LogP contribution in [0.4, 0.5) is 4.39 Å². The van der Waals surface area contributed by atoms with Gasteiger partial charge in [-0.2, -0.15) is 0 Å². The maximum Gasteiger partial charge on any atom is 0.158 e. The van der Waals surface area contributed by atoms with E-state index in [-0.39, 0.29) is 17.2 Å². The first-order chi connectivity index (χ1) is 14.0. The summed E-state index contributed by atoms with van der Waals surface area (Å²) < 4.78 is 19.8. The molecule has 0 saturated heterocycles. The Bertz CT molecular complexity index is 1190. The Balaban J connectivity index is 1.47. The number of ether oxygens (including phenoxy) is 1. The van der Waals surface area contributed by atoms with Crippen LogP contribution in [0.1, 0.15) is 35.2 Å². The van der Waals surface area contributed by atoms with Crippen LogP contribution in [0.15, 0.2) is 54.7 Å². The summed E-state index contributed by atoms with van der Waals surface area (Å²) in [5.41, 5.74) is 3.35. The number of aryl methyl sites for hydroxylation is 2. The zero-order valence-corrected chi connectivity index (χ0v) is 16.3. The van der Waals surface area contributed by atoms with Gasteiger partial charge in [0, 0.05) is 11.3 Å². The monoisotopic (exact) mass is 388 g/mol. The normalized spacial score (nSPS) is 20.7. The molecule has 2 aromatic heterocycles. The van der Waals surface area contributed by atoms with Crippen LogP contribution < -0.4 is 4.74 Å². The first-order valence-electron chi connectivity index (χ1n) is 9.69. The maximum atomic E-state index is 13.6. The molecule has 0 amide bonds. The topological polar surface area (TPSA) is 63.7 Å². The van der Waals surface area contributed by atoms with Gasteiger partial charge in [-0.1, -0.05) is 30.3 Å². The average molecular weight is 388 g/mol. The summed E-state index contributed by atoms with van der Waals surface area (Å²) in [5.74, 6) is 2.20. The first kappa shape index (κ1) is 17.8. The number of hydrogen-bond acceptors (Lipinski definition) is 4. The Hall–Kier alpha value is -3.28. The quantitative estimate of drug-likeness (QED) is 0.542. The summed E-state index contributed by atoms with van der Waals surface area (Å²) in [4.78, 5) is 16.7. The molecular formula is C23H21FN4O. The van der Waals surface area contributed by atoms with Gasteiger partial charge in [-0.25, -0.2) is 19.3 Å². The lowest BCUT2D eigenvalue weighted by Gasteiger charge is -2.19. The highest BCUT2D eigenvalue weighted by Gasteiger charge is 2.58. The molecule has 1 unspecified atom stereocenters. The van der Waals surface area contributed by atoms with Crippen LogP contribution in [0, 0.1) is 19.7 Å². The zero-order chi connectivity index (χ0) is 20.0. The van der Waals surface area contributed by atoms with Gasteiger partial charge < -0.3 is 9.72 Å². The molecule has 6 heteroatoms. The Morgan fingerprint density at radius 1 is 1.14 bits per heavy atom. The van der Waals surface area contributed by atoms with Crippen molar-refractivity contribution in [2.24, 2.45) is 0 Å².